The molecule has 0 aliphatic heterocycles. The van der Waals surface area contributed by atoms with Crippen LogP contribution in [0.2, 0.25) is 0 Å². The van der Waals surface area contributed by atoms with Gasteiger partial charge < -0.3 is 24.3 Å². The molecule has 0 spiro atoms. The van der Waals surface area contributed by atoms with E-state index in [2.05, 4.69) is 42.0 Å². The van der Waals surface area contributed by atoms with E-state index in [9.17, 15) is 28.8 Å². The Labute approximate surface area is 470 Å². The van der Waals surface area contributed by atoms with E-state index in [4.69, 9.17) is 9.47 Å². The number of hydrogen-bond donors (Lipinski definition) is 0. The normalized spacial score (nSPS) is 14.4. The third-order valence-corrected chi connectivity index (χ3v) is 14.3. The van der Waals surface area contributed by atoms with Gasteiger partial charge in [-0.25, -0.2) is 0 Å². The molecule has 9 rings (SSSR count). The van der Waals surface area contributed by atoms with Gasteiger partial charge in [-0.1, -0.05) is 128 Å². The maximum absolute atomic E-state index is 13.6. The van der Waals surface area contributed by atoms with Crippen LogP contribution in [-0.4, -0.2) is 45.5 Å². The van der Waals surface area contributed by atoms with Crippen molar-refractivity contribution in [3.8, 4) is 11.5 Å². The summed E-state index contributed by atoms with van der Waals surface area (Å²) in [6.45, 7) is 4.15. The fourth-order valence-corrected chi connectivity index (χ4v) is 9.95. The quantitative estimate of drug-likeness (QED) is 0.0483. The summed E-state index contributed by atoms with van der Waals surface area (Å²) in [4.78, 5) is 78.9. The molecular formula is C66H80Fe2O8. The molecule has 0 radical (unpaired) electrons. The SMILES string of the molecule is C1CCCC1.C1CCCC1.CCC(=O)c1cc(C(=O)c2ccc(OCc3ccc(COc4ccc(C(=O)c5cc(C(=O)CC)cc(C(=O)C6CCCC6)c5)cc4)cc3)cc2)cc(C(=O)C2CCCC2)c1.[CH2]=[Fe+].[CH2]=[Fe+].[CH3-].[CH3-]. The van der Waals surface area contributed by atoms with Gasteiger partial charge in [-0.2, -0.15) is 0 Å². The summed E-state index contributed by atoms with van der Waals surface area (Å²) in [5, 5.41) is 0. The summed E-state index contributed by atoms with van der Waals surface area (Å²) in [7, 11) is 0. The topological polar surface area (TPSA) is 121 Å². The Morgan fingerprint density at radius 2 is 0.645 bits per heavy atom. The zero-order valence-corrected chi connectivity index (χ0v) is 47.7. The maximum atomic E-state index is 13.6. The van der Waals surface area contributed by atoms with Gasteiger partial charge in [-0.05, 0) is 122 Å². The van der Waals surface area contributed by atoms with E-state index in [1.807, 2.05) is 24.3 Å². The van der Waals surface area contributed by atoms with E-state index in [0.717, 1.165) is 62.5 Å². The molecule has 0 unspecified atom stereocenters. The van der Waals surface area contributed by atoms with Crippen molar-refractivity contribution < 1.29 is 69.4 Å². The molecule has 408 valence electrons. The minimum absolute atomic E-state index is 0. The van der Waals surface area contributed by atoms with Gasteiger partial charge in [-0.3, -0.25) is 28.8 Å². The number of carbonyl (C=O) groups excluding carboxylic acids is 6. The first kappa shape index (κ1) is 64.8. The predicted octanol–water partition coefficient (Wildman–Crippen LogP) is 16.0. The summed E-state index contributed by atoms with van der Waals surface area (Å²) < 4.78 is 12.0. The molecule has 0 N–H and O–H groups in total. The van der Waals surface area contributed by atoms with Crippen LogP contribution >= 0.6 is 0 Å². The van der Waals surface area contributed by atoms with Crippen LogP contribution in [0, 0.1) is 26.7 Å². The molecule has 0 heterocycles. The zero-order valence-electron chi connectivity index (χ0n) is 45.5. The first-order valence-electron chi connectivity index (χ1n) is 26.7. The summed E-state index contributed by atoms with van der Waals surface area (Å²) in [6.07, 6.45) is 23.0. The molecule has 5 aromatic carbocycles. The molecule has 8 nitrogen and oxygen atoms in total. The van der Waals surface area contributed by atoms with Crippen molar-refractivity contribution in [3.05, 3.63) is 180 Å². The molecule has 76 heavy (non-hydrogen) atoms. The Morgan fingerprint density at radius 3 is 0.921 bits per heavy atom. The number of rotatable bonds is 18. The Balaban J connectivity index is 0.000000837. The van der Waals surface area contributed by atoms with Crippen molar-refractivity contribution in [2.24, 2.45) is 11.8 Å². The third kappa shape index (κ3) is 19.5. The van der Waals surface area contributed by atoms with Crippen LogP contribution < -0.4 is 9.47 Å². The second-order valence-corrected chi connectivity index (χ2v) is 19.5. The van der Waals surface area contributed by atoms with E-state index in [0.29, 0.717) is 69.2 Å². The third-order valence-electron chi connectivity index (χ3n) is 14.3. The number of benzene rings is 5. The Bertz CT molecular complexity index is 2420. The van der Waals surface area contributed by atoms with Gasteiger partial charge in [0.05, 0.1) is 0 Å². The standard InChI is InChI=1S/C52H50O8.2C5H10.2CH3.2CH2.2Fe/c1-3-47(53)39-25-41(49(55)35-9-5-6-10-35)29-43(27-39)51(57)37-17-21-45(22-18-37)59-31-33-13-15-34(16-14-33)32-60-46-23-19-38(20-24-46)52(58)44-28-40(48(54)4-2)26-42(30-44)50(56)36-11-7-8-12-36;2*1-2-4-5-3-1;;;;;;/h13-30,35-36H,3-12,31-32H2,1-2H3;2*1-5H2;2*1H3;2*1H2;;/q;;;2*-1;;;2*+1. The fourth-order valence-electron chi connectivity index (χ4n) is 9.95. The Morgan fingerprint density at radius 1 is 0.382 bits per heavy atom. The Kier molecular flexibility index (Phi) is 29.9. The molecule has 10 heteroatoms. The van der Waals surface area contributed by atoms with Crippen LogP contribution in [0.5, 0.6) is 11.5 Å². The molecule has 4 aliphatic rings. The van der Waals surface area contributed by atoms with E-state index in [1.165, 1.54) is 64.2 Å². The van der Waals surface area contributed by atoms with Crippen LogP contribution in [0.1, 0.15) is 227 Å². The smallest absolute Gasteiger partial charge is 0.358 e. The van der Waals surface area contributed by atoms with Gasteiger partial charge >= 0.3 is 42.0 Å². The first-order chi connectivity index (χ1) is 36.1. The van der Waals surface area contributed by atoms with Crippen molar-refractivity contribution in [1.82, 2.24) is 0 Å². The summed E-state index contributed by atoms with van der Waals surface area (Å²) in [5.41, 5.74) is 11.0. The van der Waals surface area contributed by atoms with Gasteiger partial charge in [0, 0.05) is 69.2 Å². The van der Waals surface area contributed by atoms with Gasteiger partial charge in [-0.15, -0.1) is 0 Å². The minimum Gasteiger partial charge on any atom is -0.358 e. The molecule has 4 aliphatic carbocycles. The zero-order chi connectivity index (χ0) is 53.2. The number of carbonyl (C=O) groups is 6. The number of Topliss-reactive ketones (excluding diaryl/α,β-unsaturated/α-hetero) is 4. The molecule has 0 amide bonds. The monoisotopic (exact) mass is 1110 g/mol. The fraction of sp³-hybridized carbons (Fsp3) is 0.394. The van der Waals surface area contributed by atoms with Crippen LogP contribution in [-0.2, 0) is 44.4 Å². The number of hydrogen-bond acceptors (Lipinski definition) is 8. The largest absolute Gasteiger partial charge is 0.358 e. The number of ether oxygens (including phenoxy) is 2. The summed E-state index contributed by atoms with van der Waals surface area (Å²) in [6, 6.07) is 31.3. The van der Waals surface area contributed by atoms with Crippen LogP contribution in [0.3, 0.4) is 0 Å². The van der Waals surface area contributed by atoms with Gasteiger partial charge in [0.2, 0.25) is 0 Å². The molecule has 0 bridgehead atoms. The molecule has 4 saturated carbocycles. The average Bonchev–Trinajstić information content (AvgIpc) is 4.35. The van der Waals surface area contributed by atoms with Crippen molar-refractivity contribution in [3.63, 3.8) is 0 Å². The molecule has 4 fully saturated rings. The van der Waals surface area contributed by atoms with Crippen LogP contribution in [0.25, 0.3) is 0 Å². The van der Waals surface area contributed by atoms with E-state index >= 15 is 0 Å². The van der Waals surface area contributed by atoms with Crippen molar-refractivity contribution in [2.75, 3.05) is 0 Å². The summed E-state index contributed by atoms with van der Waals surface area (Å²) in [5.74, 6) is 0.339. The minimum atomic E-state index is -0.261. The first-order valence-corrected chi connectivity index (χ1v) is 28.2. The van der Waals surface area contributed by atoms with E-state index < -0.39 is 0 Å². The summed E-state index contributed by atoms with van der Waals surface area (Å²) >= 11 is 6.00. The number of ketones is 6. The van der Waals surface area contributed by atoms with Gasteiger partial charge in [0.15, 0.2) is 34.7 Å². The second-order valence-electron chi connectivity index (χ2n) is 19.5. The van der Waals surface area contributed by atoms with E-state index in [-0.39, 0.29) is 74.2 Å². The Hall–Kier alpha value is -5.50. The maximum Gasteiger partial charge on any atom is -0.358 e. The average molecular weight is 1110 g/mol. The molecule has 5 aromatic rings. The van der Waals surface area contributed by atoms with Crippen LogP contribution in [0.4, 0.5) is 0 Å². The van der Waals surface area contributed by atoms with E-state index in [1.54, 1.807) is 98.8 Å². The van der Waals surface area contributed by atoms with Gasteiger partial charge in [0.25, 0.3) is 0 Å². The van der Waals surface area contributed by atoms with Crippen molar-refractivity contribution in [1.29, 1.82) is 0 Å². The van der Waals surface area contributed by atoms with Crippen molar-refractivity contribution >= 4 is 45.5 Å². The predicted molar refractivity (Wildman–Crippen MR) is 303 cm³/mol. The second kappa shape index (κ2) is 35.0. The molecule has 0 aromatic heterocycles. The van der Waals surface area contributed by atoms with Crippen LogP contribution in [0.15, 0.2) is 109 Å². The van der Waals surface area contributed by atoms with Gasteiger partial charge in [0.1, 0.15) is 24.7 Å². The molecule has 0 saturated heterocycles. The molecular weight excluding hydrogens is 1030 g/mol. The van der Waals surface area contributed by atoms with Crippen molar-refractivity contribution in [2.45, 2.75) is 155 Å². The molecule has 0 atom stereocenters.